The lowest BCUT2D eigenvalue weighted by atomic mass is 10.2. The van der Waals surface area contributed by atoms with Crippen LogP contribution < -0.4 is 10.1 Å². The van der Waals surface area contributed by atoms with E-state index >= 15 is 0 Å². The van der Waals surface area contributed by atoms with Crippen molar-refractivity contribution in [2.24, 2.45) is 0 Å². The zero-order chi connectivity index (χ0) is 14.6. The molecule has 20 heavy (non-hydrogen) atoms. The molecule has 0 saturated carbocycles. The molecule has 1 N–H and O–H groups in total. The summed E-state index contributed by atoms with van der Waals surface area (Å²) in [4.78, 5) is 11.8. The van der Waals surface area contributed by atoms with Crippen LogP contribution in [0.4, 0.5) is 0 Å². The van der Waals surface area contributed by atoms with E-state index in [1.54, 1.807) is 37.5 Å². The van der Waals surface area contributed by atoms with Crippen molar-refractivity contribution in [2.45, 2.75) is 0 Å². The topological polar surface area (TPSA) is 56.8 Å². The largest absolute Gasteiger partial charge is 0.497 e. The minimum Gasteiger partial charge on any atom is -0.497 e. The Labute approximate surface area is 119 Å². The molecule has 110 valence electrons. The highest BCUT2D eigenvalue weighted by molar-refractivity contribution is 5.94. The number of carbonyl (C=O) groups is 1. The highest BCUT2D eigenvalue weighted by Gasteiger charge is 2.04. The molecule has 0 heterocycles. The van der Waals surface area contributed by atoms with Crippen LogP contribution in [0.1, 0.15) is 10.4 Å². The molecule has 0 unspecified atom stereocenters. The van der Waals surface area contributed by atoms with Crippen LogP contribution >= 0.6 is 0 Å². The third kappa shape index (κ3) is 6.36. The van der Waals surface area contributed by atoms with Crippen LogP contribution in [-0.4, -0.2) is 46.0 Å². The number of benzene rings is 1. The van der Waals surface area contributed by atoms with Crippen molar-refractivity contribution in [1.29, 1.82) is 0 Å². The monoisotopic (exact) mass is 279 g/mol. The predicted octanol–water partition coefficient (Wildman–Crippen LogP) is 1.64. The molecule has 5 nitrogen and oxygen atoms in total. The summed E-state index contributed by atoms with van der Waals surface area (Å²) in [5.41, 5.74) is 0.597. The second-order valence-electron chi connectivity index (χ2n) is 3.96. The van der Waals surface area contributed by atoms with Crippen LogP contribution in [0, 0.1) is 0 Å². The van der Waals surface area contributed by atoms with Crippen molar-refractivity contribution >= 4 is 5.91 Å². The van der Waals surface area contributed by atoms with Crippen molar-refractivity contribution in [3.63, 3.8) is 0 Å². The number of methoxy groups -OCH3 is 1. The van der Waals surface area contributed by atoms with Gasteiger partial charge in [-0.15, -0.1) is 6.58 Å². The third-order valence-electron chi connectivity index (χ3n) is 2.49. The van der Waals surface area contributed by atoms with Gasteiger partial charge in [0.1, 0.15) is 5.75 Å². The first-order valence-electron chi connectivity index (χ1n) is 6.46. The fourth-order valence-electron chi connectivity index (χ4n) is 1.47. The van der Waals surface area contributed by atoms with Crippen molar-refractivity contribution in [3.05, 3.63) is 42.5 Å². The van der Waals surface area contributed by atoms with E-state index in [-0.39, 0.29) is 5.91 Å². The minimum atomic E-state index is -0.126. The standard InChI is InChI=1S/C15H21NO4/c1-3-9-19-11-12-20-10-8-16-15(17)13-4-6-14(18-2)7-5-13/h3-7H,1,8-12H2,2H3,(H,16,17). The molecule has 0 aliphatic rings. The van der Waals surface area contributed by atoms with E-state index in [2.05, 4.69) is 11.9 Å². The van der Waals surface area contributed by atoms with E-state index in [1.165, 1.54) is 0 Å². The van der Waals surface area contributed by atoms with Gasteiger partial charge in [-0.25, -0.2) is 0 Å². The van der Waals surface area contributed by atoms with Crippen molar-refractivity contribution < 1.29 is 19.0 Å². The normalized spacial score (nSPS) is 10.1. The maximum Gasteiger partial charge on any atom is 0.251 e. The Morgan fingerprint density at radius 3 is 2.55 bits per heavy atom. The molecule has 1 rings (SSSR count). The summed E-state index contributed by atoms with van der Waals surface area (Å²) < 4.78 is 15.5. The molecule has 0 aromatic heterocycles. The van der Waals surface area contributed by atoms with Crippen molar-refractivity contribution in [1.82, 2.24) is 5.32 Å². The number of carbonyl (C=O) groups excluding carboxylic acids is 1. The predicted molar refractivity (Wildman–Crippen MR) is 77.2 cm³/mol. The van der Waals surface area contributed by atoms with Gasteiger partial charge in [0, 0.05) is 12.1 Å². The van der Waals surface area contributed by atoms with Crippen LogP contribution in [-0.2, 0) is 9.47 Å². The fourth-order valence-corrected chi connectivity index (χ4v) is 1.47. The molecular weight excluding hydrogens is 258 g/mol. The fraction of sp³-hybridized carbons (Fsp3) is 0.400. The van der Waals surface area contributed by atoms with Crippen LogP contribution in [0.15, 0.2) is 36.9 Å². The average molecular weight is 279 g/mol. The van der Waals surface area contributed by atoms with Crippen molar-refractivity contribution in [2.75, 3.05) is 40.1 Å². The Hall–Kier alpha value is -1.85. The second kappa shape index (κ2) is 10.00. The Kier molecular flexibility index (Phi) is 8.10. The van der Waals surface area contributed by atoms with E-state index in [0.717, 1.165) is 5.75 Å². The molecule has 1 aromatic carbocycles. The molecule has 0 radical (unpaired) electrons. The molecule has 1 aromatic rings. The van der Waals surface area contributed by atoms with E-state index in [4.69, 9.17) is 14.2 Å². The Balaban J connectivity index is 2.11. The van der Waals surface area contributed by atoms with Gasteiger partial charge in [-0.2, -0.15) is 0 Å². The van der Waals surface area contributed by atoms with Gasteiger partial charge in [0.15, 0.2) is 0 Å². The molecule has 0 spiro atoms. The first kappa shape index (κ1) is 16.2. The Bertz CT molecular complexity index is 403. The summed E-state index contributed by atoms with van der Waals surface area (Å²) in [7, 11) is 1.59. The maximum absolute atomic E-state index is 11.8. The highest BCUT2D eigenvalue weighted by atomic mass is 16.5. The smallest absolute Gasteiger partial charge is 0.251 e. The minimum absolute atomic E-state index is 0.126. The van der Waals surface area contributed by atoms with E-state index in [1.807, 2.05) is 0 Å². The second-order valence-corrected chi connectivity index (χ2v) is 3.96. The SMILES string of the molecule is C=CCOCCOCCNC(=O)c1ccc(OC)cc1. The summed E-state index contributed by atoms with van der Waals surface area (Å²) in [5.74, 6) is 0.601. The van der Waals surface area contributed by atoms with Crippen LogP contribution in [0.3, 0.4) is 0 Å². The number of rotatable bonds is 10. The van der Waals surface area contributed by atoms with Crippen LogP contribution in [0.5, 0.6) is 5.75 Å². The number of amides is 1. The van der Waals surface area contributed by atoms with Gasteiger partial charge in [0.05, 0.1) is 33.5 Å². The molecule has 0 fully saturated rings. The third-order valence-corrected chi connectivity index (χ3v) is 2.49. The first-order valence-corrected chi connectivity index (χ1v) is 6.46. The van der Waals surface area contributed by atoms with E-state index in [9.17, 15) is 4.79 Å². The maximum atomic E-state index is 11.8. The van der Waals surface area contributed by atoms with Crippen LogP contribution in [0.25, 0.3) is 0 Å². The summed E-state index contributed by atoms with van der Waals surface area (Å²) in [5, 5.41) is 2.78. The first-order chi connectivity index (χ1) is 9.77. The van der Waals surface area contributed by atoms with E-state index < -0.39 is 0 Å². The van der Waals surface area contributed by atoms with Gasteiger partial charge in [-0.05, 0) is 24.3 Å². The van der Waals surface area contributed by atoms with Gasteiger partial charge < -0.3 is 19.5 Å². The van der Waals surface area contributed by atoms with Crippen molar-refractivity contribution in [3.8, 4) is 5.75 Å². The highest BCUT2D eigenvalue weighted by Crippen LogP contribution is 2.10. The quantitative estimate of drug-likeness (QED) is 0.522. The average Bonchev–Trinajstić information content (AvgIpc) is 2.50. The summed E-state index contributed by atoms with van der Waals surface area (Å²) in [6.45, 7) is 6.03. The number of hydrogen-bond donors (Lipinski definition) is 1. The van der Waals surface area contributed by atoms with Gasteiger partial charge in [0.25, 0.3) is 5.91 Å². The lowest BCUT2D eigenvalue weighted by Crippen LogP contribution is -2.27. The molecule has 0 atom stereocenters. The van der Waals surface area contributed by atoms with Gasteiger partial charge in [-0.1, -0.05) is 6.08 Å². The van der Waals surface area contributed by atoms with Gasteiger partial charge in [0.2, 0.25) is 0 Å². The number of ether oxygens (including phenoxy) is 3. The van der Waals surface area contributed by atoms with Crippen LogP contribution in [0.2, 0.25) is 0 Å². The van der Waals surface area contributed by atoms with Gasteiger partial charge in [-0.3, -0.25) is 4.79 Å². The number of nitrogens with one attached hydrogen (secondary N) is 1. The molecule has 0 aliphatic heterocycles. The molecule has 1 amide bonds. The molecule has 0 bridgehead atoms. The molecule has 0 aliphatic carbocycles. The van der Waals surface area contributed by atoms with E-state index in [0.29, 0.717) is 38.5 Å². The summed E-state index contributed by atoms with van der Waals surface area (Å²) in [6.07, 6.45) is 1.69. The summed E-state index contributed by atoms with van der Waals surface area (Å²) >= 11 is 0. The lowest BCUT2D eigenvalue weighted by Gasteiger charge is -2.07. The lowest BCUT2D eigenvalue weighted by molar-refractivity contribution is 0.0584. The number of hydrogen-bond acceptors (Lipinski definition) is 4. The Morgan fingerprint density at radius 1 is 1.20 bits per heavy atom. The van der Waals surface area contributed by atoms with Gasteiger partial charge >= 0.3 is 0 Å². The summed E-state index contributed by atoms with van der Waals surface area (Å²) in [6, 6.07) is 6.95. The zero-order valence-corrected chi connectivity index (χ0v) is 11.8. The molecule has 0 saturated heterocycles. The zero-order valence-electron chi connectivity index (χ0n) is 11.8. The molecule has 5 heteroatoms. The Morgan fingerprint density at radius 2 is 1.90 bits per heavy atom. The molecular formula is C15H21NO4.